The van der Waals surface area contributed by atoms with Crippen molar-refractivity contribution in [1.82, 2.24) is 4.98 Å². The number of aromatic nitrogens is 1. The van der Waals surface area contributed by atoms with Gasteiger partial charge in [-0.15, -0.1) is 0 Å². The molecule has 8 heteroatoms. The maximum absolute atomic E-state index is 12.8. The zero-order valence-corrected chi connectivity index (χ0v) is 15.4. The van der Waals surface area contributed by atoms with Crippen molar-refractivity contribution >= 4 is 21.3 Å². The molecule has 0 aliphatic rings. The average molecular weight is 415 g/mol. The minimum atomic E-state index is -4.47. The number of halogens is 3. The van der Waals surface area contributed by atoms with Gasteiger partial charge in [-0.3, -0.25) is 0 Å². The van der Waals surface area contributed by atoms with E-state index in [2.05, 4.69) is 4.98 Å². The summed E-state index contributed by atoms with van der Waals surface area (Å²) in [5, 5.41) is 19.1. The molecule has 1 aromatic carbocycles. The summed E-state index contributed by atoms with van der Waals surface area (Å²) in [6.07, 6.45) is -3.04. The second-order valence-corrected chi connectivity index (χ2v) is 6.39. The first-order chi connectivity index (χ1) is 12.4. The fourth-order valence-electron chi connectivity index (χ4n) is 2.53. The van der Waals surface area contributed by atoms with Crippen molar-refractivity contribution in [3.05, 3.63) is 59.4 Å². The minimum absolute atomic E-state index is 0.0812. The molecule has 1 atom stereocenters. The Bertz CT molecular complexity index is 1040. The number of benzene rings is 1. The topological polar surface area (TPSA) is 73.6 Å². The summed E-state index contributed by atoms with van der Waals surface area (Å²) >= 11 is 1.07. The summed E-state index contributed by atoms with van der Waals surface area (Å²) in [6.45, 7) is 0. The van der Waals surface area contributed by atoms with E-state index in [9.17, 15) is 23.7 Å². The Morgan fingerprint density at radius 2 is 1.65 bits per heavy atom. The first kappa shape index (κ1) is 17.8. The molecule has 0 aliphatic carbocycles. The molecule has 0 bridgehead atoms. The molecule has 0 spiro atoms. The first-order valence-corrected chi connectivity index (χ1v) is 8.43. The van der Waals surface area contributed by atoms with E-state index < -0.39 is 11.7 Å². The van der Waals surface area contributed by atoms with Crippen molar-refractivity contribution in [1.29, 1.82) is 10.5 Å². The summed E-state index contributed by atoms with van der Waals surface area (Å²) in [7, 11) is 0. The number of hydrogen-bond donors (Lipinski definition) is 0. The Hall–Kier alpha value is -3.02. The zero-order chi connectivity index (χ0) is 18.9. The van der Waals surface area contributed by atoms with Crippen LogP contribution < -0.4 is 4.48 Å². The summed E-state index contributed by atoms with van der Waals surface area (Å²) in [5.74, 6) is 0.345. The molecule has 26 heavy (non-hydrogen) atoms. The number of alkyl halides is 3. The van der Waals surface area contributed by atoms with Gasteiger partial charge in [0.15, 0.2) is 0 Å². The predicted octanol–water partition coefficient (Wildman–Crippen LogP) is 3.03. The van der Waals surface area contributed by atoms with Gasteiger partial charge in [-0.05, 0) is 0 Å². The van der Waals surface area contributed by atoms with Crippen LogP contribution in [-0.2, 0) is 6.18 Å². The molecule has 128 valence electrons. The average Bonchev–Trinajstić information content (AvgIpc) is 3.14. The van der Waals surface area contributed by atoms with Crippen LogP contribution in [0.3, 0.4) is 0 Å². The van der Waals surface area contributed by atoms with E-state index >= 15 is 0 Å². The van der Waals surface area contributed by atoms with Gasteiger partial charge in [0.25, 0.3) is 0 Å². The van der Waals surface area contributed by atoms with Gasteiger partial charge in [0.2, 0.25) is 0 Å². The van der Waals surface area contributed by atoms with E-state index in [-0.39, 0.29) is 22.4 Å². The van der Waals surface area contributed by atoms with E-state index in [4.69, 9.17) is 4.42 Å². The molecule has 2 aromatic heterocycles. The van der Waals surface area contributed by atoms with Crippen molar-refractivity contribution in [2.75, 3.05) is 0 Å². The molecule has 0 fully saturated rings. The molecular weight excluding hydrogens is 406 g/mol. The molecule has 3 aromatic rings. The van der Waals surface area contributed by atoms with E-state index in [1.54, 1.807) is 12.1 Å². The molecule has 1 unspecified atom stereocenters. The molecule has 3 rings (SSSR count). The van der Waals surface area contributed by atoms with Gasteiger partial charge in [0, 0.05) is 0 Å². The number of rotatable bonds is 2. The van der Waals surface area contributed by atoms with E-state index in [0.29, 0.717) is 15.8 Å². The Labute approximate surface area is 155 Å². The van der Waals surface area contributed by atoms with Crippen LogP contribution in [0.4, 0.5) is 13.2 Å². The monoisotopic (exact) mass is 415 g/mol. The SMILES string of the molecule is N#Cc1c([AsH2])nc(-c2ccco2)c(C#N)c1-c1ccc(C(F)(F)F)cc1. The third-order valence-corrected chi connectivity index (χ3v) is 4.58. The van der Waals surface area contributed by atoms with Gasteiger partial charge in [0.05, 0.1) is 0 Å². The number of furan rings is 1. The van der Waals surface area contributed by atoms with Gasteiger partial charge in [-0.25, -0.2) is 0 Å². The zero-order valence-electron chi connectivity index (χ0n) is 13.0. The summed E-state index contributed by atoms with van der Waals surface area (Å²) in [5.41, 5.74) is 0.282. The van der Waals surface area contributed by atoms with Crippen LogP contribution in [0.1, 0.15) is 16.7 Å². The molecule has 0 N–H and O–H groups in total. The summed E-state index contributed by atoms with van der Waals surface area (Å²) in [4.78, 5) is 4.31. The molecule has 0 radical (unpaired) electrons. The van der Waals surface area contributed by atoms with Crippen LogP contribution in [0.25, 0.3) is 22.6 Å². The van der Waals surface area contributed by atoms with Crippen LogP contribution in [0.5, 0.6) is 0 Å². The fourth-order valence-corrected chi connectivity index (χ4v) is 3.24. The number of nitrogens with zero attached hydrogens (tertiary/aromatic N) is 3. The fraction of sp³-hybridized carbons (Fsp3) is 0.0556. The second-order valence-electron chi connectivity index (χ2n) is 5.25. The summed E-state index contributed by atoms with van der Waals surface area (Å²) < 4.78 is 44.1. The van der Waals surface area contributed by atoms with Gasteiger partial charge in [-0.1, -0.05) is 0 Å². The van der Waals surface area contributed by atoms with Crippen LogP contribution in [0.15, 0.2) is 47.1 Å². The number of hydrogen-bond acceptors (Lipinski definition) is 4. The maximum atomic E-state index is 12.8. The quantitative estimate of drug-likeness (QED) is 0.604. The number of pyridine rings is 1. The van der Waals surface area contributed by atoms with Crippen LogP contribution >= 0.6 is 0 Å². The van der Waals surface area contributed by atoms with E-state index in [1.165, 1.54) is 18.4 Å². The molecule has 4 nitrogen and oxygen atoms in total. The van der Waals surface area contributed by atoms with Crippen LogP contribution in [0.2, 0.25) is 0 Å². The third kappa shape index (κ3) is 3.10. The standard InChI is InChI=1S/C18H9AsF3N3O/c19-17-13(9-24)15(10-3-5-11(6-4-10)18(20,21)22)12(8-23)16(25-17)14-2-1-7-26-14/h1-7H,19H2. The van der Waals surface area contributed by atoms with E-state index in [1.807, 2.05) is 12.1 Å². The van der Waals surface area contributed by atoms with Gasteiger partial charge in [0.1, 0.15) is 0 Å². The van der Waals surface area contributed by atoms with Crippen molar-refractivity contribution < 1.29 is 17.6 Å². The predicted molar refractivity (Wildman–Crippen MR) is 90.0 cm³/mol. The molecule has 2 heterocycles. The second kappa shape index (κ2) is 6.71. The normalized spacial score (nSPS) is 11.0. The number of nitriles is 2. The van der Waals surface area contributed by atoms with Gasteiger partial charge < -0.3 is 0 Å². The van der Waals surface area contributed by atoms with Crippen LogP contribution in [0, 0.1) is 22.7 Å². The molecular formula is C18H9AsF3N3O. The van der Waals surface area contributed by atoms with Gasteiger partial charge >= 0.3 is 155 Å². The molecule has 0 saturated heterocycles. The van der Waals surface area contributed by atoms with Crippen LogP contribution in [-0.4, -0.2) is 21.8 Å². The summed E-state index contributed by atoms with van der Waals surface area (Å²) in [6, 6.07) is 11.6. The van der Waals surface area contributed by atoms with E-state index in [0.717, 1.165) is 29.0 Å². The Morgan fingerprint density at radius 1 is 1.00 bits per heavy atom. The Kier molecular flexibility index (Phi) is 4.59. The molecule has 0 amide bonds. The molecule has 0 aliphatic heterocycles. The first-order valence-electron chi connectivity index (χ1n) is 7.22. The van der Waals surface area contributed by atoms with Gasteiger partial charge in [-0.2, -0.15) is 0 Å². The Balaban J connectivity index is 2.30. The van der Waals surface area contributed by atoms with Crippen molar-refractivity contribution in [3.8, 4) is 34.7 Å². The third-order valence-electron chi connectivity index (χ3n) is 3.70. The van der Waals surface area contributed by atoms with Crippen molar-refractivity contribution in [2.45, 2.75) is 6.18 Å². The van der Waals surface area contributed by atoms with Crippen molar-refractivity contribution in [2.24, 2.45) is 0 Å². The van der Waals surface area contributed by atoms with Crippen molar-refractivity contribution in [3.63, 3.8) is 0 Å². The molecule has 0 saturated carbocycles. The Morgan fingerprint density at radius 3 is 2.15 bits per heavy atom.